The molecule has 1 heterocycles. The van der Waals surface area contributed by atoms with Gasteiger partial charge in [-0.3, -0.25) is 0 Å². The van der Waals surface area contributed by atoms with Gasteiger partial charge in [0.25, 0.3) is 0 Å². The number of amides is 2. The molecule has 4 N–H and O–H groups in total. The topological polar surface area (TPSA) is 107 Å². The van der Waals surface area contributed by atoms with Crippen molar-refractivity contribution in [3.8, 4) is 6.07 Å². The third-order valence-corrected chi connectivity index (χ3v) is 2.15. The summed E-state index contributed by atoms with van der Waals surface area (Å²) in [6.07, 6.45) is 1.44. The van der Waals surface area contributed by atoms with E-state index in [0.29, 0.717) is 30.2 Å². The monoisotopic (exact) mass is 248 g/mol. The number of anilines is 2. The van der Waals surface area contributed by atoms with Gasteiger partial charge in [-0.05, 0) is 6.07 Å². The van der Waals surface area contributed by atoms with Gasteiger partial charge in [0.15, 0.2) is 0 Å². The molecule has 0 fully saturated rings. The zero-order chi connectivity index (χ0) is 13.5. The Kier molecular flexibility index (Phi) is 4.75. The maximum Gasteiger partial charge on any atom is 0.316 e. The van der Waals surface area contributed by atoms with Crippen molar-refractivity contribution in [1.29, 1.82) is 5.26 Å². The molecule has 0 saturated heterocycles. The van der Waals surface area contributed by atoms with Gasteiger partial charge in [0.2, 0.25) is 0 Å². The number of nitrogen functional groups attached to an aromatic ring is 1. The van der Waals surface area contributed by atoms with Crippen molar-refractivity contribution in [1.82, 2.24) is 15.2 Å². The molecule has 0 aliphatic rings. The van der Waals surface area contributed by atoms with E-state index in [9.17, 15) is 4.79 Å². The van der Waals surface area contributed by atoms with Crippen LogP contribution in [0.1, 0.15) is 5.56 Å². The summed E-state index contributed by atoms with van der Waals surface area (Å²) in [6, 6.07) is 3.35. The minimum atomic E-state index is -0.155. The van der Waals surface area contributed by atoms with Crippen LogP contribution in [0.3, 0.4) is 0 Å². The van der Waals surface area contributed by atoms with E-state index in [2.05, 4.69) is 15.6 Å². The van der Waals surface area contributed by atoms with Crippen LogP contribution in [0.4, 0.5) is 16.3 Å². The lowest BCUT2D eigenvalue weighted by Crippen LogP contribution is -2.37. The fourth-order valence-corrected chi connectivity index (χ4v) is 1.20. The Morgan fingerprint density at radius 2 is 2.28 bits per heavy atom. The van der Waals surface area contributed by atoms with Gasteiger partial charge in [-0.15, -0.1) is 0 Å². The van der Waals surface area contributed by atoms with Crippen molar-refractivity contribution in [3.05, 3.63) is 17.8 Å². The fourth-order valence-electron chi connectivity index (χ4n) is 1.20. The highest BCUT2D eigenvalue weighted by Gasteiger charge is 2.03. The summed E-state index contributed by atoms with van der Waals surface area (Å²) in [5, 5.41) is 14.3. The Labute approximate surface area is 106 Å². The van der Waals surface area contributed by atoms with Crippen LogP contribution in [0.25, 0.3) is 0 Å². The van der Waals surface area contributed by atoms with E-state index in [-0.39, 0.29) is 6.03 Å². The molecule has 0 unspecified atom stereocenters. The first-order valence-corrected chi connectivity index (χ1v) is 5.39. The molecule has 0 radical (unpaired) electrons. The number of rotatable bonds is 4. The number of nitrogens with one attached hydrogen (secondary N) is 2. The number of urea groups is 1. The third-order valence-electron chi connectivity index (χ3n) is 2.15. The molecule has 7 heteroatoms. The number of hydrogen-bond donors (Lipinski definition) is 3. The molecule has 18 heavy (non-hydrogen) atoms. The average Bonchev–Trinajstić information content (AvgIpc) is 2.35. The van der Waals surface area contributed by atoms with Crippen molar-refractivity contribution >= 4 is 17.5 Å². The minimum Gasteiger partial charge on any atom is -0.396 e. The maximum atomic E-state index is 11.2. The first-order chi connectivity index (χ1) is 8.54. The van der Waals surface area contributed by atoms with E-state index in [0.717, 1.165) is 0 Å². The number of hydrogen-bond acceptors (Lipinski definition) is 5. The molecular formula is C11H16N6O. The molecule has 0 aromatic carbocycles. The molecule has 0 saturated carbocycles. The van der Waals surface area contributed by atoms with E-state index in [1.54, 1.807) is 20.2 Å². The van der Waals surface area contributed by atoms with Crippen LogP contribution in [0, 0.1) is 11.3 Å². The van der Waals surface area contributed by atoms with Gasteiger partial charge in [-0.25, -0.2) is 9.78 Å². The zero-order valence-electron chi connectivity index (χ0n) is 10.4. The van der Waals surface area contributed by atoms with Crippen LogP contribution >= 0.6 is 0 Å². The minimum absolute atomic E-state index is 0.155. The van der Waals surface area contributed by atoms with Crippen LogP contribution < -0.4 is 16.4 Å². The van der Waals surface area contributed by atoms with Crippen LogP contribution in [-0.2, 0) is 0 Å². The van der Waals surface area contributed by atoms with E-state index in [1.807, 2.05) is 6.07 Å². The Morgan fingerprint density at radius 1 is 1.56 bits per heavy atom. The van der Waals surface area contributed by atoms with Gasteiger partial charge >= 0.3 is 6.03 Å². The smallest absolute Gasteiger partial charge is 0.316 e. The molecule has 7 nitrogen and oxygen atoms in total. The Balaban J connectivity index is 2.41. The van der Waals surface area contributed by atoms with Crippen LogP contribution in [-0.4, -0.2) is 43.1 Å². The second-order valence-corrected chi connectivity index (χ2v) is 3.83. The van der Waals surface area contributed by atoms with Crippen LogP contribution in [0.15, 0.2) is 12.3 Å². The molecule has 2 amide bonds. The predicted octanol–water partition coefficient (Wildman–Crippen LogP) is 0.219. The molecule has 1 aromatic heterocycles. The SMILES string of the molecule is CN(C)C(=O)NCCNc1ncc(C#N)cc1N. The Morgan fingerprint density at radius 3 is 2.83 bits per heavy atom. The Hall–Kier alpha value is -2.49. The van der Waals surface area contributed by atoms with Gasteiger partial charge in [0.1, 0.15) is 11.9 Å². The largest absolute Gasteiger partial charge is 0.396 e. The van der Waals surface area contributed by atoms with Gasteiger partial charge in [-0.1, -0.05) is 0 Å². The standard InChI is InChI=1S/C11H16N6O/c1-17(2)11(18)15-4-3-14-10-9(13)5-8(6-12)7-16-10/h5,7H,3-4,13H2,1-2H3,(H,14,16)(H,15,18). The predicted molar refractivity (Wildman–Crippen MR) is 68.9 cm³/mol. The molecule has 96 valence electrons. The van der Waals surface area contributed by atoms with Gasteiger partial charge in [0, 0.05) is 33.4 Å². The van der Waals surface area contributed by atoms with Crippen molar-refractivity contribution in [2.75, 3.05) is 38.2 Å². The lowest BCUT2D eigenvalue weighted by Gasteiger charge is -2.13. The van der Waals surface area contributed by atoms with Gasteiger partial charge in [-0.2, -0.15) is 5.26 Å². The summed E-state index contributed by atoms with van der Waals surface area (Å²) >= 11 is 0. The van der Waals surface area contributed by atoms with E-state index in [1.165, 1.54) is 11.1 Å². The molecule has 0 atom stereocenters. The number of carbonyl (C=O) groups excluding carboxylic acids is 1. The van der Waals surface area contributed by atoms with E-state index >= 15 is 0 Å². The summed E-state index contributed by atoms with van der Waals surface area (Å²) in [4.78, 5) is 16.7. The number of nitrogens with two attached hydrogens (primary N) is 1. The van der Waals surface area contributed by atoms with Crippen molar-refractivity contribution in [3.63, 3.8) is 0 Å². The van der Waals surface area contributed by atoms with E-state index < -0.39 is 0 Å². The van der Waals surface area contributed by atoms with Gasteiger partial charge in [0.05, 0.1) is 11.3 Å². The molecule has 0 bridgehead atoms. The normalized spacial score (nSPS) is 9.39. The summed E-state index contributed by atoms with van der Waals surface area (Å²) in [7, 11) is 3.34. The fraction of sp³-hybridized carbons (Fsp3) is 0.364. The van der Waals surface area contributed by atoms with Crippen molar-refractivity contribution in [2.45, 2.75) is 0 Å². The lowest BCUT2D eigenvalue weighted by atomic mass is 10.3. The van der Waals surface area contributed by atoms with Gasteiger partial charge < -0.3 is 21.3 Å². The summed E-state index contributed by atoms with van der Waals surface area (Å²) in [5.74, 6) is 0.508. The summed E-state index contributed by atoms with van der Waals surface area (Å²) in [5.41, 5.74) is 6.54. The first-order valence-electron chi connectivity index (χ1n) is 5.39. The summed E-state index contributed by atoms with van der Waals surface area (Å²) < 4.78 is 0. The third kappa shape index (κ3) is 3.83. The number of nitriles is 1. The second kappa shape index (κ2) is 6.30. The average molecular weight is 248 g/mol. The zero-order valence-corrected chi connectivity index (χ0v) is 10.4. The second-order valence-electron chi connectivity index (χ2n) is 3.83. The molecule has 0 aliphatic heterocycles. The number of carbonyl (C=O) groups is 1. The highest BCUT2D eigenvalue weighted by Crippen LogP contribution is 2.15. The highest BCUT2D eigenvalue weighted by atomic mass is 16.2. The molecular weight excluding hydrogens is 232 g/mol. The highest BCUT2D eigenvalue weighted by molar-refractivity contribution is 5.73. The lowest BCUT2D eigenvalue weighted by molar-refractivity contribution is 0.218. The molecule has 0 spiro atoms. The van der Waals surface area contributed by atoms with E-state index in [4.69, 9.17) is 11.0 Å². The molecule has 1 aromatic rings. The summed E-state index contributed by atoms with van der Waals surface area (Å²) in [6.45, 7) is 0.959. The van der Waals surface area contributed by atoms with Crippen LogP contribution in [0.2, 0.25) is 0 Å². The van der Waals surface area contributed by atoms with Crippen molar-refractivity contribution < 1.29 is 4.79 Å². The number of nitrogens with zero attached hydrogens (tertiary/aromatic N) is 3. The first kappa shape index (κ1) is 13.6. The molecule has 1 rings (SSSR count). The quantitative estimate of drug-likeness (QED) is 0.661. The molecule has 0 aliphatic carbocycles. The number of pyridine rings is 1. The maximum absolute atomic E-state index is 11.2. The van der Waals surface area contributed by atoms with Crippen LogP contribution in [0.5, 0.6) is 0 Å². The Bertz CT molecular complexity index is 465. The number of aromatic nitrogens is 1. The van der Waals surface area contributed by atoms with Crippen molar-refractivity contribution in [2.24, 2.45) is 0 Å².